The Morgan fingerprint density at radius 1 is 1.42 bits per heavy atom. The SMILES string of the molecule is COC(=O)CSc1nc2nc(CSc3nnc(N)s3)cc(=O)n2[nH]1. The molecule has 3 N–H and O–H groups in total. The van der Waals surface area contributed by atoms with Gasteiger partial charge in [-0.3, -0.25) is 14.7 Å². The number of hydrogen-bond acceptors (Lipinski definition) is 11. The van der Waals surface area contributed by atoms with Crippen molar-refractivity contribution in [2.24, 2.45) is 0 Å². The first-order valence-corrected chi connectivity index (χ1v) is 9.24. The minimum Gasteiger partial charge on any atom is -0.468 e. The van der Waals surface area contributed by atoms with Gasteiger partial charge in [0.15, 0.2) is 9.50 Å². The number of H-pyrrole nitrogens is 1. The summed E-state index contributed by atoms with van der Waals surface area (Å²) in [7, 11) is 1.31. The molecule has 0 unspecified atom stereocenters. The van der Waals surface area contributed by atoms with Crippen molar-refractivity contribution < 1.29 is 9.53 Å². The number of ether oxygens (including phenoxy) is 1. The Balaban J connectivity index is 1.76. The van der Waals surface area contributed by atoms with Gasteiger partial charge in [-0.1, -0.05) is 34.9 Å². The predicted octanol–water partition coefficient (Wildman–Crippen LogP) is 0.409. The lowest BCUT2D eigenvalue weighted by atomic mass is 10.4. The lowest BCUT2D eigenvalue weighted by molar-refractivity contribution is -0.137. The van der Waals surface area contributed by atoms with E-state index in [1.165, 1.54) is 40.8 Å². The van der Waals surface area contributed by atoms with Gasteiger partial charge < -0.3 is 10.5 Å². The number of hydrogen-bond donors (Lipinski definition) is 2. The molecular formula is C11H11N7O3S3. The zero-order valence-corrected chi connectivity index (χ0v) is 14.7. The summed E-state index contributed by atoms with van der Waals surface area (Å²) >= 11 is 3.78. The molecule has 0 fully saturated rings. The second-order valence-corrected chi connectivity index (χ2v) is 7.51. The molecule has 24 heavy (non-hydrogen) atoms. The highest BCUT2D eigenvalue weighted by molar-refractivity contribution is 8.00. The quantitative estimate of drug-likeness (QED) is 0.452. The Morgan fingerprint density at radius 2 is 2.25 bits per heavy atom. The molecule has 0 aliphatic rings. The Morgan fingerprint density at radius 3 is 2.96 bits per heavy atom. The number of aromatic amines is 1. The molecule has 3 aromatic rings. The molecule has 0 saturated heterocycles. The van der Waals surface area contributed by atoms with Crippen LogP contribution in [0, 0.1) is 0 Å². The maximum absolute atomic E-state index is 12.1. The number of aromatic nitrogens is 6. The van der Waals surface area contributed by atoms with E-state index in [2.05, 4.69) is 30.0 Å². The Kier molecular flexibility index (Phi) is 5.01. The van der Waals surface area contributed by atoms with Gasteiger partial charge in [0, 0.05) is 11.8 Å². The molecule has 0 saturated carbocycles. The van der Waals surface area contributed by atoms with Crippen molar-refractivity contribution in [3.63, 3.8) is 0 Å². The average Bonchev–Trinajstić information content (AvgIpc) is 3.16. The van der Waals surface area contributed by atoms with E-state index in [9.17, 15) is 9.59 Å². The third kappa shape index (κ3) is 3.85. The zero-order chi connectivity index (χ0) is 17.1. The van der Waals surface area contributed by atoms with Gasteiger partial charge in [-0.2, -0.15) is 9.50 Å². The standard InChI is InChI=1S/C11H11N7O3S3/c1-21-7(20)4-22-10-14-9-13-5(2-6(19)18(9)17-10)3-23-11-16-15-8(12)24-11/h2H,3-4H2,1H3,(H2,12,15)(H,13,14,17). The lowest BCUT2D eigenvalue weighted by Crippen LogP contribution is -2.15. The molecule has 0 atom stereocenters. The smallest absolute Gasteiger partial charge is 0.316 e. The monoisotopic (exact) mass is 385 g/mol. The minimum absolute atomic E-state index is 0.0895. The van der Waals surface area contributed by atoms with Gasteiger partial charge in [0.05, 0.1) is 18.6 Å². The largest absolute Gasteiger partial charge is 0.468 e. The van der Waals surface area contributed by atoms with Crippen molar-refractivity contribution in [1.82, 2.24) is 29.8 Å². The van der Waals surface area contributed by atoms with Crippen molar-refractivity contribution >= 4 is 51.7 Å². The van der Waals surface area contributed by atoms with Gasteiger partial charge in [-0.05, 0) is 0 Å². The average molecular weight is 385 g/mol. The van der Waals surface area contributed by atoms with Gasteiger partial charge in [-0.15, -0.1) is 10.2 Å². The van der Waals surface area contributed by atoms with Crippen LogP contribution < -0.4 is 11.3 Å². The van der Waals surface area contributed by atoms with Crippen LogP contribution in [0.2, 0.25) is 0 Å². The van der Waals surface area contributed by atoms with E-state index in [0.29, 0.717) is 26.1 Å². The number of thioether (sulfide) groups is 2. The molecule has 126 valence electrons. The van der Waals surface area contributed by atoms with E-state index >= 15 is 0 Å². The first kappa shape index (κ1) is 16.7. The van der Waals surface area contributed by atoms with Crippen molar-refractivity contribution in [3.8, 4) is 0 Å². The van der Waals surface area contributed by atoms with Crippen LogP contribution in [0.15, 0.2) is 20.4 Å². The van der Waals surface area contributed by atoms with Gasteiger partial charge in [0.1, 0.15) is 0 Å². The Bertz CT molecular complexity index is 934. The summed E-state index contributed by atoms with van der Waals surface area (Å²) in [5.41, 5.74) is 5.80. The van der Waals surface area contributed by atoms with E-state index < -0.39 is 0 Å². The van der Waals surface area contributed by atoms with Crippen LogP contribution in [0.1, 0.15) is 5.69 Å². The van der Waals surface area contributed by atoms with Crippen molar-refractivity contribution in [2.45, 2.75) is 15.2 Å². The Hall–Kier alpha value is -2.12. The topological polar surface area (TPSA) is 141 Å². The number of carbonyl (C=O) groups is 1. The molecule has 3 rings (SSSR count). The van der Waals surface area contributed by atoms with Crippen LogP contribution in [-0.4, -0.2) is 48.6 Å². The number of methoxy groups -OCH3 is 1. The number of rotatable bonds is 6. The molecule has 3 aromatic heterocycles. The highest BCUT2D eigenvalue weighted by Crippen LogP contribution is 2.26. The summed E-state index contributed by atoms with van der Waals surface area (Å²) in [6.07, 6.45) is 0. The van der Waals surface area contributed by atoms with E-state index in [1.807, 2.05) is 0 Å². The van der Waals surface area contributed by atoms with Crippen molar-refractivity contribution in [2.75, 3.05) is 18.6 Å². The van der Waals surface area contributed by atoms with Gasteiger partial charge in [0.25, 0.3) is 11.3 Å². The van der Waals surface area contributed by atoms with Crippen LogP contribution in [0.3, 0.4) is 0 Å². The summed E-state index contributed by atoms with van der Waals surface area (Å²) in [5.74, 6) is 0.390. The molecule has 3 heterocycles. The van der Waals surface area contributed by atoms with E-state index in [4.69, 9.17) is 5.73 Å². The minimum atomic E-state index is -0.380. The van der Waals surface area contributed by atoms with E-state index in [1.54, 1.807) is 0 Å². The highest BCUT2D eigenvalue weighted by Gasteiger charge is 2.11. The van der Waals surface area contributed by atoms with Gasteiger partial charge in [0.2, 0.25) is 5.13 Å². The second-order valence-electron chi connectivity index (χ2n) is 4.31. The molecule has 0 bridgehead atoms. The number of nitrogens with two attached hydrogens (primary N) is 1. The van der Waals surface area contributed by atoms with Gasteiger partial charge in [-0.25, -0.2) is 4.98 Å². The number of carbonyl (C=O) groups excluding carboxylic acids is 1. The first-order valence-electron chi connectivity index (χ1n) is 6.45. The molecular weight excluding hydrogens is 374 g/mol. The maximum Gasteiger partial charge on any atom is 0.316 e. The highest BCUT2D eigenvalue weighted by atomic mass is 32.2. The van der Waals surface area contributed by atoms with Crippen LogP contribution in [0.25, 0.3) is 5.78 Å². The maximum atomic E-state index is 12.1. The molecule has 0 aliphatic carbocycles. The summed E-state index contributed by atoms with van der Waals surface area (Å²) in [4.78, 5) is 31.8. The van der Waals surface area contributed by atoms with Crippen molar-refractivity contribution in [1.29, 1.82) is 0 Å². The van der Waals surface area contributed by atoms with Crippen LogP contribution >= 0.6 is 34.9 Å². The third-order valence-corrected chi connectivity index (χ3v) is 5.44. The molecule has 0 amide bonds. The zero-order valence-electron chi connectivity index (χ0n) is 12.3. The van der Waals surface area contributed by atoms with E-state index in [0.717, 1.165) is 11.8 Å². The number of esters is 1. The van der Waals surface area contributed by atoms with E-state index in [-0.39, 0.29) is 23.1 Å². The fraction of sp³-hybridized carbons (Fsp3) is 0.273. The number of nitrogen functional groups attached to an aromatic ring is 1. The normalized spacial score (nSPS) is 11.0. The van der Waals surface area contributed by atoms with Crippen molar-refractivity contribution in [3.05, 3.63) is 22.1 Å². The number of nitrogens with zero attached hydrogens (tertiary/aromatic N) is 5. The molecule has 0 radical (unpaired) electrons. The summed E-state index contributed by atoms with van der Waals surface area (Å²) in [6, 6.07) is 1.41. The number of nitrogens with one attached hydrogen (secondary N) is 1. The van der Waals surface area contributed by atoms with Crippen LogP contribution in [0.5, 0.6) is 0 Å². The Labute approximate surface area is 147 Å². The predicted molar refractivity (Wildman–Crippen MR) is 90.2 cm³/mol. The lowest BCUT2D eigenvalue weighted by Gasteiger charge is -1.97. The van der Waals surface area contributed by atoms with Crippen LogP contribution in [0.4, 0.5) is 5.13 Å². The number of anilines is 1. The molecule has 10 nitrogen and oxygen atoms in total. The fourth-order valence-electron chi connectivity index (χ4n) is 1.65. The number of fused-ring (bicyclic) bond motifs is 1. The molecule has 0 aromatic carbocycles. The summed E-state index contributed by atoms with van der Waals surface area (Å²) in [5, 5.41) is 11.2. The second kappa shape index (κ2) is 7.19. The molecule has 0 spiro atoms. The molecule has 0 aliphatic heterocycles. The molecule has 13 heteroatoms. The van der Waals surface area contributed by atoms with Gasteiger partial charge >= 0.3 is 5.97 Å². The fourth-order valence-corrected chi connectivity index (χ4v) is 3.85. The van der Waals surface area contributed by atoms with Crippen LogP contribution in [-0.2, 0) is 15.3 Å². The summed E-state index contributed by atoms with van der Waals surface area (Å²) in [6.45, 7) is 0. The first-order chi connectivity index (χ1) is 11.5. The third-order valence-electron chi connectivity index (χ3n) is 2.68. The summed E-state index contributed by atoms with van der Waals surface area (Å²) < 4.78 is 6.48.